The van der Waals surface area contributed by atoms with Crippen LogP contribution < -0.4 is 0 Å². The number of rotatable bonds is 4. The predicted molar refractivity (Wildman–Crippen MR) is 75.4 cm³/mol. The van der Waals surface area contributed by atoms with E-state index in [1.807, 2.05) is 6.92 Å². The molecule has 0 aromatic heterocycles. The molecule has 1 saturated heterocycles. The van der Waals surface area contributed by atoms with Crippen molar-refractivity contribution >= 4 is 27.6 Å². The summed E-state index contributed by atoms with van der Waals surface area (Å²) in [6.07, 6.45) is 1.05. The fraction of sp³-hybridized carbons (Fsp3) is 0.462. The largest absolute Gasteiger partial charge is 0.481 e. The lowest BCUT2D eigenvalue weighted by molar-refractivity contribution is -0.137. The fourth-order valence-electron chi connectivity index (χ4n) is 2.47. The molecule has 2 rings (SSSR count). The van der Waals surface area contributed by atoms with Crippen LogP contribution in [0.15, 0.2) is 23.1 Å². The molecule has 5 nitrogen and oxygen atoms in total. The van der Waals surface area contributed by atoms with Crippen LogP contribution >= 0.6 is 11.6 Å². The maximum Gasteiger partial charge on any atom is 0.304 e. The SMILES string of the molecule is Cc1ccc(S(=O)(=O)N2CCCC2CC(=O)O)c(Cl)c1. The molecular weight excluding hydrogens is 302 g/mol. The number of halogens is 1. The molecule has 1 aromatic rings. The monoisotopic (exact) mass is 317 g/mol. The molecule has 0 saturated carbocycles. The highest BCUT2D eigenvalue weighted by Crippen LogP contribution is 2.31. The number of benzene rings is 1. The maximum atomic E-state index is 12.6. The molecule has 0 spiro atoms. The number of sulfonamides is 1. The van der Waals surface area contributed by atoms with Gasteiger partial charge in [-0.05, 0) is 37.5 Å². The summed E-state index contributed by atoms with van der Waals surface area (Å²) in [6, 6.07) is 4.26. The van der Waals surface area contributed by atoms with E-state index < -0.39 is 22.0 Å². The Kier molecular flexibility index (Phi) is 4.36. The van der Waals surface area contributed by atoms with Gasteiger partial charge in [0.15, 0.2) is 0 Å². The van der Waals surface area contributed by atoms with E-state index in [-0.39, 0.29) is 16.3 Å². The molecule has 1 aliphatic heterocycles. The van der Waals surface area contributed by atoms with Gasteiger partial charge in [0.05, 0.1) is 11.4 Å². The van der Waals surface area contributed by atoms with Crippen LogP contribution in [0.1, 0.15) is 24.8 Å². The zero-order chi connectivity index (χ0) is 14.9. The number of aryl methyl sites for hydroxylation is 1. The topological polar surface area (TPSA) is 74.7 Å². The minimum Gasteiger partial charge on any atom is -0.481 e. The zero-order valence-electron chi connectivity index (χ0n) is 11.0. The fourth-order valence-corrected chi connectivity index (χ4v) is 4.74. The molecule has 0 aliphatic carbocycles. The van der Waals surface area contributed by atoms with E-state index >= 15 is 0 Å². The molecular formula is C13H16ClNO4S. The summed E-state index contributed by atoms with van der Waals surface area (Å²) in [4.78, 5) is 10.9. The quantitative estimate of drug-likeness (QED) is 0.924. The first kappa shape index (κ1) is 15.3. The van der Waals surface area contributed by atoms with Gasteiger partial charge in [-0.3, -0.25) is 4.79 Å². The third kappa shape index (κ3) is 2.97. The van der Waals surface area contributed by atoms with Crippen LogP contribution in [0.5, 0.6) is 0 Å². The summed E-state index contributed by atoms with van der Waals surface area (Å²) in [5.74, 6) is -0.993. The Bertz CT molecular complexity index is 629. The Balaban J connectivity index is 2.36. The summed E-state index contributed by atoms with van der Waals surface area (Å²) < 4.78 is 26.5. The van der Waals surface area contributed by atoms with Gasteiger partial charge >= 0.3 is 5.97 Å². The smallest absolute Gasteiger partial charge is 0.304 e. The summed E-state index contributed by atoms with van der Waals surface area (Å²) >= 11 is 6.02. The molecule has 1 N–H and O–H groups in total. The van der Waals surface area contributed by atoms with Crippen LogP contribution in [0.2, 0.25) is 5.02 Å². The van der Waals surface area contributed by atoms with Gasteiger partial charge in [0.1, 0.15) is 4.90 Å². The van der Waals surface area contributed by atoms with E-state index in [2.05, 4.69) is 0 Å². The number of hydrogen-bond donors (Lipinski definition) is 1. The summed E-state index contributed by atoms with van der Waals surface area (Å²) in [5.41, 5.74) is 0.873. The summed E-state index contributed by atoms with van der Waals surface area (Å²) in [7, 11) is -3.74. The van der Waals surface area contributed by atoms with Gasteiger partial charge in [-0.25, -0.2) is 8.42 Å². The van der Waals surface area contributed by atoms with E-state index in [1.54, 1.807) is 12.1 Å². The summed E-state index contributed by atoms with van der Waals surface area (Å²) in [6.45, 7) is 2.16. The van der Waals surface area contributed by atoms with Crippen LogP contribution in [-0.4, -0.2) is 36.4 Å². The number of carboxylic acid groups (broad SMARTS) is 1. The number of nitrogens with zero attached hydrogens (tertiary/aromatic N) is 1. The van der Waals surface area contributed by atoms with E-state index in [4.69, 9.17) is 16.7 Å². The highest BCUT2D eigenvalue weighted by molar-refractivity contribution is 7.89. The molecule has 1 aromatic carbocycles. The molecule has 1 fully saturated rings. The molecule has 1 unspecified atom stereocenters. The van der Waals surface area contributed by atoms with E-state index in [9.17, 15) is 13.2 Å². The summed E-state index contributed by atoms with van der Waals surface area (Å²) in [5, 5.41) is 9.04. The Labute approximate surface area is 123 Å². The molecule has 7 heteroatoms. The van der Waals surface area contributed by atoms with Crippen molar-refractivity contribution in [3.05, 3.63) is 28.8 Å². The highest BCUT2D eigenvalue weighted by atomic mass is 35.5. The van der Waals surface area contributed by atoms with Crippen molar-refractivity contribution in [3.63, 3.8) is 0 Å². The first-order chi connectivity index (χ1) is 9.32. The number of aliphatic carboxylic acids is 1. The van der Waals surface area contributed by atoms with Crippen LogP contribution in [0.3, 0.4) is 0 Å². The Hall–Kier alpha value is -1.11. The second-order valence-electron chi connectivity index (χ2n) is 4.94. The lowest BCUT2D eigenvalue weighted by Crippen LogP contribution is -2.36. The van der Waals surface area contributed by atoms with Gasteiger partial charge in [-0.2, -0.15) is 4.31 Å². The maximum absolute atomic E-state index is 12.6. The third-order valence-electron chi connectivity index (χ3n) is 3.41. The molecule has 1 heterocycles. The van der Waals surface area contributed by atoms with Gasteiger partial charge in [-0.1, -0.05) is 17.7 Å². The molecule has 0 radical (unpaired) electrons. The van der Waals surface area contributed by atoms with E-state index in [1.165, 1.54) is 10.4 Å². The average Bonchev–Trinajstić information content (AvgIpc) is 2.76. The molecule has 110 valence electrons. The lowest BCUT2D eigenvalue weighted by Gasteiger charge is -2.23. The minimum absolute atomic E-state index is 0.0436. The zero-order valence-corrected chi connectivity index (χ0v) is 12.6. The first-order valence-corrected chi connectivity index (χ1v) is 8.14. The van der Waals surface area contributed by atoms with Gasteiger partial charge in [-0.15, -0.1) is 0 Å². The molecule has 0 bridgehead atoms. The Morgan fingerprint density at radius 2 is 2.20 bits per heavy atom. The van der Waals surface area contributed by atoms with Crippen molar-refractivity contribution in [2.24, 2.45) is 0 Å². The lowest BCUT2D eigenvalue weighted by atomic mass is 10.2. The van der Waals surface area contributed by atoms with Gasteiger partial charge in [0.25, 0.3) is 0 Å². The highest BCUT2D eigenvalue weighted by Gasteiger charge is 2.37. The van der Waals surface area contributed by atoms with Gasteiger partial charge < -0.3 is 5.11 Å². The molecule has 1 aliphatic rings. The molecule has 0 amide bonds. The number of carboxylic acids is 1. The first-order valence-electron chi connectivity index (χ1n) is 6.32. The van der Waals surface area contributed by atoms with Gasteiger partial charge in [0.2, 0.25) is 10.0 Å². The Morgan fingerprint density at radius 1 is 1.50 bits per heavy atom. The van der Waals surface area contributed by atoms with Crippen molar-refractivity contribution < 1.29 is 18.3 Å². The van der Waals surface area contributed by atoms with Gasteiger partial charge in [0, 0.05) is 12.6 Å². The second kappa shape index (κ2) is 5.71. The van der Waals surface area contributed by atoms with Crippen LogP contribution in [0, 0.1) is 6.92 Å². The van der Waals surface area contributed by atoms with E-state index in [0.717, 1.165) is 5.56 Å². The number of hydrogen-bond acceptors (Lipinski definition) is 3. The Morgan fingerprint density at radius 3 is 2.80 bits per heavy atom. The molecule has 1 atom stereocenters. The third-order valence-corrected chi connectivity index (χ3v) is 5.84. The molecule has 20 heavy (non-hydrogen) atoms. The second-order valence-corrected chi connectivity index (χ2v) is 7.21. The van der Waals surface area contributed by atoms with Crippen LogP contribution in [0.4, 0.5) is 0 Å². The van der Waals surface area contributed by atoms with Crippen molar-refractivity contribution in [1.82, 2.24) is 4.31 Å². The van der Waals surface area contributed by atoms with Crippen LogP contribution in [-0.2, 0) is 14.8 Å². The van der Waals surface area contributed by atoms with E-state index in [0.29, 0.717) is 19.4 Å². The van der Waals surface area contributed by atoms with Crippen molar-refractivity contribution in [2.45, 2.75) is 37.1 Å². The normalized spacial score (nSPS) is 20.2. The standard InChI is InChI=1S/C13H16ClNO4S/c1-9-4-5-12(11(14)7-9)20(18,19)15-6-2-3-10(15)8-13(16)17/h4-5,7,10H,2-3,6,8H2,1H3,(H,16,17). The van der Waals surface area contributed by atoms with Crippen molar-refractivity contribution in [1.29, 1.82) is 0 Å². The minimum atomic E-state index is -3.74. The number of carbonyl (C=O) groups is 1. The van der Waals surface area contributed by atoms with Crippen molar-refractivity contribution in [2.75, 3.05) is 6.54 Å². The van der Waals surface area contributed by atoms with Crippen molar-refractivity contribution in [3.8, 4) is 0 Å². The predicted octanol–water partition coefficient (Wildman–Crippen LogP) is 2.28. The average molecular weight is 318 g/mol. The van der Waals surface area contributed by atoms with Crippen LogP contribution in [0.25, 0.3) is 0 Å².